The quantitative estimate of drug-likeness (QED) is 0.245. The Labute approximate surface area is 325 Å². The highest BCUT2D eigenvalue weighted by atomic mass is 16.7. The molecule has 3 N–H and O–H groups in total. The largest absolute Gasteiger partial charge is 0.460 e. The molecule has 0 aromatic carbocycles. The maximum absolute atomic E-state index is 14.6. The zero-order valence-corrected chi connectivity index (χ0v) is 31.9. The molecule has 5 saturated carbocycles. The smallest absolute Gasteiger partial charge is 0.348 e. The fourth-order valence-corrected chi connectivity index (χ4v) is 13.2. The van der Waals surface area contributed by atoms with E-state index in [0.717, 1.165) is 6.92 Å². The predicted octanol–water partition coefficient (Wildman–Crippen LogP) is 0.745. The number of cyclic esters (lactones) is 3. The molecule has 57 heavy (non-hydrogen) atoms. The summed E-state index contributed by atoms with van der Waals surface area (Å²) in [6.45, 7) is 5.93. The summed E-state index contributed by atoms with van der Waals surface area (Å²) >= 11 is 0. The summed E-state index contributed by atoms with van der Waals surface area (Å²) in [4.78, 5) is 94.0. The van der Waals surface area contributed by atoms with E-state index in [2.05, 4.69) is 0 Å². The molecule has 7 aliphatic carbocycles. The minimum absolute atomic E-state index is 0.000607. The number of ketones is 1. The van der Waals surface area contributed by atoms with Gasteiger partial charge in [0.05, 0.1) is 23.0 Å². The van der Waals surface area contributed by atoms with Crippen molar-refractivity contribution in [1.82, 2.24) is 0 Å². The highest BCUT2D eigenvalue weighted by Crippen LogP contribution is 2.84. The topological polar surface area (TPSA) is 236 Å². The Balaban J connectivity index is 1.19. The fourth-order valence-electron chi connectivity index (χ4n) is 13.2. The van der Waals surface area contributed by atoms with Crippen LogP contribution >= 0.6 is 0 Å². The van der Waals surface area contributed by atoms with Gasteiger partial charge in [-0.15, -0.1) is 0 Å². The van der Waals surface area contributed by atoms with Gasteiger partial charge in [0.15, 0.2) is 5.60 Å². The van der Waals surface area contributed by atoms with Gasteiger partial charge in [0, 0.05) is 41.1 Å². The Morgan fingerprint density at radius 3 is 2.26 bits per heavy atom. The maximum atomic E-state index is 14.6. The second-order valence-electron chi connectivity index (χ2n) is 18.1. The molecular weight excluding hydrogens is 748 g/mol. The number of carbonyl (C=O) groups excluding carboxylic acids is 7. The van der Waals surface area contributed by atoms with Gasteiger partial charge >= 0.3 is 35.8 Å². The average molecular weight is 791 g/mol. The summed E-state index contributed by atoms with van der Waals surface area (Å²) in [7, 11) is 0. The molecule has 0 aromatic rings. The van der Waals surface area contributed by atoms with E-state index in [9.17, 15) is 48.9 Å². The van der Waals surface area contributed by atoms with Crippen molar-refractivity contribution in [3.8, 4) is 0 Å². The highest BCUT2D eigenvalue weighted by molar-refractivity contribution is 6.10. The molecule has 302 valence electrons. The molecule has 0 saturated heterocycles. The molecule has 0 amide bonds. The maximum Gasteiger partial charge on any atom is 0.348 e. The van der Waals surface area contributed by atoms with Crippen LogP contribution in [0.1, 0.15) is 66.7 Å². The number of hydrogen-bond donors (Lipinski definition) is 3. The zero-order valence-electron chi connectivity index (χ0n) is 31.9. The van der Waals surface area contributed by atoms with Crippen molar-refractivity contribution < 1.29 is 77.3 Å². The number of carbonyl (C=O) groups is 7. The van der Waals surface area contributed by atoms with Crippen molar-refractivity contribution in [2.45, 2.75) is 95.4 Å². The average Bonchev–Trinajstić information content (AvgIpc) is 4.05. The van der Waals surface area contributed by atoms with Crippen molar-refractivity contribution in [1.29, 1.82) is 0 Å². The molecule has 13 unspecified atom stereocenters. The number of hydrogen-bond acceptors (Lipinski definition) is 16. The Morgan fingerprint density at radius 1 is 0.825 bits per heavy atom. The Bertz CT molecular complexity index is 2230. The Kier molecular flexibility index (Phi) is 7.00. The lowest BCUT2D eigenvalue weighted by Gasteiger charge is -2.63. The van der Waals surface area contributed by atoms with Crippen LogP contribution in [0.15, 0.2) is 45.1 Å². The van der Waals surface area contributed by atoms with Crippen molar-refractivity contribution in [3.05, 3.63) is 45.1 Å². The lowest BCUT2D eigenvalue weighted by Crippen LogP contribution is -2.68. The summed E-state index contributed by atoms with van der Waals surface area (Å²) < 4.78 is 33.8. The van der Waals surface area contributed by atoms with Crippen molar-refractivity contribution in [2.24, 2.45) is 46.3 Å². The molecule has 1 spiro atoms. The first kappa shape index (κ1) is 36.7. The first-order valence-electron chi connectivity index (χ1n) is 19.4. The van der Waals surface area contributed by atoms with Crippen LogP contribution in [0.4, 0.5) is 0 Å². The lowest BCUT2D eigenvalue weighted by molar-refractivity contribution is -0.202. The van der Waals surface area contributed by atoms with Gasteiger partial charge in [-0.3, -0.25) is 14.4 Å². The highest BCUT2D eigenvalue weighted by Gasteiger charge is 2.88. The molecule has 16 nitrogen and oxygen atoms in total. The fraction of sp³-hybridized carbons (Fsp3) is 0.634. The second-order valence-corrected chi connectivity index (χ2v) is 18.1. The van der Waals surface area contributed by atoms with Crippen LogP contribution in [0.5, 0.6) is 0 Å². The Morgan fingerprint density at radius 2 is 1.54 bits per heavy atom. The van der Waals surface area contributed by atoms with Gasteiger partial charge < -0.3 is 43.7 Å². The van der Waals surface area contributed by atoms with E-state index in [1.54, 1.807) is 6.92 Å². The van der Waals surface area contributed by atoms with Gasteiger partial charge in [0.2, 0.25) is 11.9 Å². The van der Waals surface area contributed by atoms with Crippen LogP contribution in [0, 0.1) is 46.3 Å². The zero-order chi connectivity index (χ0) is 40.7. The molecule has 0 aromatic heterocycles. The monoisotopic (exact) mass is 790 g/mol. The summed E-state index contributed by atoms with van der Waals surface area (Å²) in [5.74, 6) is -12.1. The molecule has 5 fully saturated rings. The molecule has 0 radical (unpaired) electrons. The van der Waals surface area contributed by atoms with Crippen LogP contribution in [-0.4, -0.2) is 105 Å². The Hall–Kier alpha value is -4.67. The molecule has 10 aliphatic rings. The second kappa shape index (κ2) is 10.9. The third kappa shape index (κ3) is 4.16. The van der Waals surface area contributed by atoms with Crippen LogP contribution < -0.4 is 0 Å². The van der Waals surface area contributed by atoms with Crippen LogP contribution in [0.25, 0.3) is 0 Å². The van der Waals surface area contributed by atoms with Gasteiger partial charge in [-0.05, 0) is 92.8 Å². The van der Waals surface area contributed by atoms with E-state index < -0.39 is 131 Å². The van der Waals surface area contributed by atoms with Gasteiger partial charge in [-0.25, -0.2) is 19.2 Å². The minimum Gasteiger partial charge on any atom is -0.460 e. The number of aliphatic hydroxyl groups is 3. The molecule has 10 rings (SSSR count). The van der Waals surface area contributed by atoms with Gasteiger partial charge in [-0.1, -0.05) is 6.92 Å². The van der Waals surface area contributed by atoms with E-state index in [0.29, 0.717) is 12.8 Å². The molecule has 3 heterocycles. The van der Waals surface area contributed by atoms with Crippen LogP contribution in [0.3, 0.4) is 0 Å². The number of fused-ring (bicyclic) bond motifs is 9. The third-order valence-electron chi connectivity index (χ3n) is 15.7. The molecule has 16 heteroatoms. The number of ether oxygens (including phenoxy) is 6. The van der Waals surface area contributed by atoms with Crippen molar-refractivity contribution in [3.63, 3.8) is 0 Å². The van der Waals surface area contributed by atoms with Crippen LogP contribution in [0.2, 0.25) is 0 Å². The van der Waals surface area contributed by atoms with Crippen molar-refractivity contribution in [2.75, 3.05) is 19.8 Å². The van der Waals surface area contributed by atoms with E-state index in [4.69, 9.17) is 28.4 Å². The first-order chi connectivity index (χ1) is 26.7. The molecule has 2 bridgehead atoms. The van der Waals surface area contributed by atoms with E-state index in [1.165, 1.54) is 19.9 Å². The normalized spacial score (nSPS) is 47.9. The van der Waals surface area contributed by atoms with Crippen LogP contribution in [-0.2, 0) is 62.0 Å². The summed E-state index contributed by atoms with van der Waals surface area (Å²) in [5, 5.41) is 38.2. The summed E-state index contributed by atoms with van der Waals surface area (Å²) in [6.07, 6.45) is -0.309. The van der Waals surface area contributed by atoms with Gasteiger partial charge in [0.25, 0.3) is 5.79 Å². The molecular formula is C41H42O16. The van der Waals surface area contributed by atoms with Gasteiger partial charge in [-0.2, -0.15) is 0 Å². The summed E-state index contributed by atoms with van der Waals surface area (Å²) in [6, 6.07) is 0. The third-order valence-corrected chi connectivity index (χ3v) is 15.7. The number of rotatable bonds is 1. The SMILES string of the molecule is CC(=O)OC1CC(=O)OCC2=C3CC4C(O)(COC(=O)C(C)=CCOC1=O)C1CC1C4(C)C1CC4(O)C5=C(C6=C(C)C(=O)OC6(O)C(=O)C5(C)C5CC54)C31OC2=O. The number of Topliss-reactive ketones (excluding diaryl/α,β-unsaturated/α-hetero) is 1. The molecule has 3 aliphatic heterocycles. The lowest BCUT2D eigenvalue weighted by atomic mass is 9.42. The first-order valence-corrected chi connectivity index (χ1v) is 19.4. The summed E-state index contributed by atoms with van der Waals surface area (Å²) in [5.41, 5.74) is -7.21. The van der Waals surface area contributed by atoms with Gasteiger partial charge in [0.1, 0.15) is 25.4 Å². The predicted molar refractivity (Wildman–Crippen MR) is 184 cm³/mol. The minimum atomic E-state index is -2.75. The van der Waals surface area contributed by atoms with E-state index in [1.807, 2.05) is 6.92 Å². The van der Waals surface area contributed by atoms with Crippen molar-refractivity contribution >= 4 is 41.6 Å². The standard InChI is InChI=1S/C41H42O16/c1-15-6-7-52-34(47)24(55-17(3)42)11-27(43)53-13-18-19-10-25-36(4,20-8-23(20)39(25,50)14-54-31(15)44)26-12-38(49)22-9-21(22)37(5)30(38)29(40(19,26)56-33(18)46)28-16(2)32(45)57-41(28,51)35(37)48/h6,20-26,49-51H,7-14H2,1-5H3. The number of esters is 6. The van der Waals surface area contributed by atoms with E-state index in [-0.39, 0.29) is 63.7 Å². The van der Waals surface area contributed by atoms with E-state index >= 15 is 0 Å². The molecule has 13 atom stereocenters.